The number of rotatable bonds is 2. The van der Waals surface area contributed by atoms with Crippen molar-refractivity contribution in [3.8, 4) is 5.75 Å². The second-order valence-corrected chi connectivity index (χ2v) is 4.44. The van der Waals surface area contributed by atoms with E-state index in [0.29, 0.717) is 5.56 Å². The number of benzene rings is 2. The first-order valence-electron chi connectivity index (χ1n) is 6.18. The predicted molar refractivity (Wildman–Crippen MR) is 77.1 cm³/mol. The van der Waals surface area contributed by atoms with Gasteiger partial charge in [-0.05, 0) is 29.7 Å². The van der Waals surface area contributed by atoms with Crippen molar-refractivity contribution in [1.29, 1.82) is 0 Å². The summed E-state index contributed by atoms with van der Waals surface area (Å²) in [6, 6.07) is 11.6. The zero-order valence-corrected chi connectivity index (χ0v) is 11.2. The predicted octanol–water partition coefficient (Wildman–Crippen LogP) is 3.18. The second-order valence-electron chi connectivity index (χ2n) is 4.44. The standard InChI is InChI=1S/C16H13NO3/c1-19-15-5-3-4-10-8-14-11(7-13(10)15)6-12(9-17-14)16(18)20-2/h3-9H,1-2H3. The Labute approximate surface area is 115 Å². The molecule has 4 nitrogen and oxygen atoms in total. The van der Waals surface area contributed by atoms with Crippen molar-refractivity contribution in [2.75, 3.05) is 14.2 Å². The molecule has 0 unspecified atom stereocenters. The third-order valence-electron chi connectivity index (χ3n) is 3.28. The van der Waals surface area contributed by atoms with Gasteiger partial charge in [-0.15, -0.1) is 0 Å². The van der Waals surface area contributed by atoms with E-state index in [0.717, 1.165) is 27.4 Å². The molecule has 0 atom stereocenters. The minimum atomic E-state index is -0.389. The third kappa shape index (κ3) is 1.95. The lowest BCUT2D eigenvalue weighted by Crippen LogP contribution is -2.01. The van der Waals surface area contributed by atoms with Crippen LogP contribution >= 0.6 is 0 Å². The largest absolute Gasteiger partial charge is 0.496 e. The Hall–Kier alpha value is -2.62. The van der Waals surface area contributed by atoms with E-state index in [-0.39, 0.29) is 5.97 Å². The van der Waals surface area contributed by atoms with E-state index in [1.165, 1.54) is 13.3 Å². The van der Waals surface area contributed by atoms with Crippen LogP contribution in [0.25, 0.3) is 21.7 Å². The number of carbonyl (C=O) groups is 1. The molecule has 20 heavy (non-hydrogen) atoms. The quantitative estimate of drug-likeness (QED) is 0.528. The van der Waals surface area contributed by atoms with Crippen LogP contribution in [0.2, 0.25) is 0 Å². The number of ether oxygens (including phenoxy) is 2. The number of hydrogen-bond acceptors (Lipinski definition) is 4. The summed E-state index contributed by atoms with van der Waals surface area (Å²) < 4.78 is 10.1. The number of carbonyl (C=O) groups excluding carboxylic acids is 1. The normalized spacial score (nSPS) is 10.7. The Morgan fingerprint density at radius 2 is 1.95 bits per heavy atom. The van der Waals surface area contributed by atoms with Crippen LogP contribution in [0.15, 0.2) is 42.6 Å². The van der Waals surface area contributed by atoms with Crippen LogP contribution in [0.4, 0.5) is 0 Å². The summed E-state index contributed by atoms with van der Waals surface area (Å²) in [6.07, 6.45) is 1.53. The van der Waals surface area contributed by atoms with Crippen molar-refractivity contribution < 1.29 is 14.3 Å². The summed E-state index contributed by atoms with van der Waals surface area (Å²) in [5.41, 5.74) is 1.27. The lowest BCUT2D eigenvalue weighted by atomic mass is 10.0. The van der Waals surface area contributed by atoms with Gasteiger partial charge in [-0.2, -0.15) is 0 Å². The maximum Gasteiger partial charge on any atom is 0.339 e. The van der Waals surface area contributed by atoms with E-state index in [1.54, 1.807) is 13.2 Å². The van der Waals surface area contributed by atoms with Crippen LogP contribution in [0, 0.1) is 0 Å². The third-order valence-corrected chi connectivity index (χ3v) is 3.28. The zero-order valence-electron chi connectivity index (χ0n) is 11.2. The highest BCUT2D eigenvalue weighted by Crippen LogP contribution is 2.29. The molecule has 2 aromatic carbocycles. The summed E-state index contributed by atoms with van der Waals surface area (Å²) in [4.78, 5) is 15.9. The minimum absolute atomic E-state index is 0.389. The Bertz CT molecular complexity index is 811. The van der Waals surface area contributed by atoms with Gasteiger partial charge in [0.1, 0.15) is 5.75 Å². The fourth-order valence-electron chi connectivity index (χ4n) is 2.28. The molecule has 3 rings (SSSR count). The van der Waals surface area contributed by atoms with Crippen molar-refractivity contribution in [1.82, 2.24) is 4.98 Å². The van der Waals surface area contributed by atoms with Crippen LogP contribution in [0.1, 0.15) is 10.4 Å². The number of nitrogens with zero attached hydrogens (tertiary/aromatic N) is 1. The molecule has 0 aliphatic carbocycles. The van der Waals surface area contributed by atoms with E-state index >= 15 is 0 Å². The molecule has 0 aliphatic rings. The van der Waals surface area contributed by atoms with Gasteiger partial charge in [0.2, 0.25) is 0 Å². The molecule has 0 saturated carbocycles. The molecule has 0 spiro atoms. The van der Waals surface area contributed by atoms with Gasteiger partial charge in [0.05, 0.1) is 25.3 Å². The molecular weight excluding hydrogens is 254 g/mol. The highest BCUT2D eigenvalue weighted by molar-refractivity contribution is 6.01. The number of pyridine rings is 1. The van der Waals surface area contributed by atoms with Gasteiger partial charge < -0.3 is 9.47 Å². The lowest BCUT2D eigenvalue weighted by molar-refractivity contribution is 0.0600. The van der Waals surface area contributed by atoms with Crippen molar-refractivity contribution in [3.05, 3.63) is 48.2 Å². The van der Waals surface area contributed by atoms with Crippen molar-refractivity contribution in [2.45, 2.75) is 0 Å². The molecule has 0 N–H and O–H groups in total. The minimum Gasteiger partial charge on any atom is -0.496 e. The molecule has 100 valence electrons. The van der Waals surface area contributed by atoms with E-state index in [4.69, 9.17) is 9.47 Å². The zero-order chi connectivity index (χ0) is 14.1. The molecule has 0 aliphatic heterocycles. The Morgan fingerprint density at radius 1 is 1.10 bits per heavy atom. The van der Waals surface area contributed by atoms with Crippen LogP contribution < -0.4 is 4.74 Å². The average Bonchev–Trinajstić information content (AvgIpc) is 2.50. The average molecular weight is 267 g/mol. The molecule has 1 aromatic heterocycles. The number of hydrogen-bond donors (Lipinski definition) is 0. The first-order valence-corrected chi connectivity index (χ1v) is 6.18. The summed E-state index contributed by atoms with van der Waals surface area (Å²) in [6.45, 7) is 0. The van der Waals surface area contributed by atoms with E-state index in [9.17, 15) is 4.79 Å². The maximum atomic E-state index is 11.6. The summed E-state index contributed by atoms with van der Waals surface area (Å²) >= 11 is 0. The van der Waals surface area contributed by atoms with Gasteiger partial charge in [0.15, 0.2) is 0 Å². The maximum absolute atomic E-state index is 11.6. The molecule has 3 aromatic rings. The van der Waals surface area contributed by atoms with Crippen LogP contribution in [0.3, 0.4) is 0 Å². The Kier molecular flexibility index (Phi) is 2.99. The molecule has 0 radical (unpaired) electrons. The van der Waals surface area contributed by atoms with Crippen LogP contribution in [-0.4, -0.2) is 25.2 Å². The van der Waals surface area contributed by atoms with Crippen molar-refractivity contribution in [3.63, 3.8) is 0 Å². The van der Waals surface area contributed by atoms with Crippen molar-refractivity contribution in [2.24, 2.45) is 0 Å². The summed E-state index contributed by atoms with van der Waals surface area (Å²) in [5.74, 6) is 0.410. The summed E-state index contributed by atoms with van der Waals surface area (Å²) in [5, 5.41) is 2.92. The summed E-state index contributed by atoms with van der Waals surface area (Å²) in [7, 11) is 3.00. The molecule has 4 heteroatoms. The Morgan fingerprint density at radius 3 is 2.70 bits per heavy atom. The van der Waals surface area contributed by atoms with E-state index < -0.39 is 0 Å². The highest BCUT2D eigenvalue weighted by atomic mass is 16.5. The number of fused-ring (bicyclic) bond motifs is 2. The first-order chi connectivity index (χ1) is 9.72. The lowest BCUT2D eigenvalue weighted by Gasteiger charge is -2.07. The molecule has 0 amide bonds. The van der Waals surface area contributed by atoms with Crippen LogP contribution in [-0.2, 0) is 4.74 Å². The van der Waals surface area contributed by atoms with Crippen LogP contribution in [0.5, 0.6) is 5.75 Å². The topological polar surface area (TPSA) is 48.4 Å². The Balaban J connectivity index is 2.29. The first kappa shape index (κ1) is 12.4. The molecule has 0 fully saturated rings. The van der Waals surface area contributed by atoms with Crippen molar-refractivity contribution >= 4 is 27.6 Å². The number of methoxy groups -OCH3 is 2. The highest BCUT2D eigenvalue weighted by Gasteiger charge is 2.09. The van der Waals surface area contributed by atoms with Gasteiger partial charge in [-0.3, -0.25) is 4.98 Å². The van der Waals surface area contributed by atoms with Gasteiger partial charge in [0, 0.05) is 17.0 Å². The molecular formula is C16H13NO3. The number of esters is 1. The fourth-order valence-corrected chi connectivity index (χ4v) is 2.28. The number of aromatic nitrogens is 1. The molecule has 0 bridgehead atoms. The SMILES string of the molecule is COC(=O)c1cnc2cc3cccc(OC)c3cc2c1. The van der Waals surface area contributed by atoms with Gasteiger partial charge in [-0.25, -0.2) is 4.79 Å². The van der Waals surface area contributed by atoms with Gasteiger partial charge in [-0.1, -0.05) is 12.1 Å². The van der Waals surface area contributed by atoms with Gasteiger partial charge in [0.25, 0.3) is 0 Å². The monoisotopic (exact) mass is 267 g/mol. The van der Waals surface area contributed by atoms with Gasteiger partial charge >= 0.3 is 5.97 Å². The smallest absolute Gasteiger partial charge is 0.339 e. The fraction of sp³-hybridized carbons (Fsp3) is 0.125. The second kappa shape index (κ2) is 4.81. The molecule has 0 saturated heterocycles. The van der Waals surface area contributed by atoms with E-state index in [2.05, 4.69) is 4.98 Å². The molecule has 1 heterocycles. The van der Waals surface area contributed by atoms with E-state index in [1.807, 2.05) is 30.3 Å².